The number of anilines is 1. The number of hydrogen-bond acceptors (Lipinski definition) is 3. The van der Waals surface area contributed by atoms with Crippen LogP contribution in [0.1, 0.15) is 16.7 Å². The van der Waals surface area contributed by atoms with Gasteiger partial charge in [0.05, 0.1) is 24.2 Å². The molecule has 0 aromatic heterocycles. The topological polar surface area (TPSA) is 46.6 Å². The van der Waals surface area contributed by atoms with Gasteiger partial charge in [-0.05, 0) is 43.2 Å². The molecule has 0 saturated carbocycles. The van der Waals surface area contributed by atoms with Crippen molar-refractivity contribution in [2.75, 3.05) is 11.4 Å². The molecule has 0 heterocycles. The van der Waals surface area contributed by atoms with Crippen LogP contribution in [0.3, 0.4) is 0 Å². The van der Waals surface area contributed by atoms with E-state index in [-0.39, 0.29) is 6.54 Å². The number of rotatable bonds is 6. The molecule has 0 unspecified atom stereocenters. The second-order valence-electron chi connectivity index (χ2n) is 6.46. The van der Waals surface area contributed by atoms with E-state index in [1.165, 1.54) is 4.31 Å². The Morgan fingerprint density at radius 2 is 1.59 bits per heavy atom. The number of aryl methyl sites for hydroxylation is 2. The maximum Gasteiger partial charge on any atom is 0.264 e. The van der Waals surface area contributed by atoms with Gasteiger partial charge in [-0.25, -0.2) is 8.42 Å². The minimum absolute atomic E-state index is 0.240. The smallest absolute Gasteiger partial charge is 0.264 e. The highest BCUT2D eigenvalue weighted by atomic mass is 32.2. The summed E-state index contributed by atoms with van der Waals surface area (Å²) in [5.74, 6) is 0.612. The van der Waals surface area contributed by atoms with Crippen LogP contribution in [0.4, 0.5) is 5.69 Å². The van der Waals surface area contributed by atoms with Gasteiger partial charge in [-0.2, -0.15) is 0 Å². The van der Waals surface area contributed by atoms with Gasteiger partial charge in [0.15, 0.2) is 0 Å². The van der Waals surface area contributed by atoms with Gasteiger partial charge in [-0.15, -0.1) is 0 Å². The van der Waals surface area contributed by atoms with Crippen LogP contribution >= 0.6 is 0 Å². The third-order valence-corrected chi connectivity index (χ3v) is 6.38. The summed E-state index contributed by atoms with van der Waals surface area (Å²) in [6.07, 6.45) is 0. The van der Waals surface area contributed by atoms with Crippen LogP contribution < -0.4 is 9.04 Å². The largest absolute Gasteiger partial charge is 0.497 e. The third-order valence-electron chi connectivity index (χ3n) is 4.45. The Morgan fingerprint density at radius 3 is 2.26 bits per heavy atom. The molecule has 0 atom stereocenters. The fourth-order valence-corrected chi connectivity index (χ4v) is 4.58. The minimum atomic E-state index is -3.74. The summed E-state index contributed by atoms with van der Waals surface area (Å²) in [6.45, 7) is 4.06. The Labute approximate surface area is 161 Å². The lowest BCUT2D eigenvalue weighted by molar-refractivity contribution is 0.415. The first-order valence-corrected chi connectivity index (χ1v) is 10.1. The molecule has 0 radical (unpaired) electrons. The van der Waals surface area contributed by atoms with E-state index in [1.807, 2.05) is 50.2 Å². The Morgan fingerprint density at radius 1 is 0.889 bits per heavy atom. The van der Waals surface area contributed by atoms with Gasteiger partial charge in [-0.3, -0.25) is 4.31 Å². The summed E-state index contributed by atoms with van der Waals surface area (Å²) < 4.78 is 33.7. The SMILES string of the molecule is COc1cccc(N(Cc2ccc(C)cc2)S(=O)(=O)c2ccccc2C)c1. The molecule has 0 amide bonds. The van der Waals surface area contributed by atoms with Crippen LogP contribution in [0, 0.1) is 13.8 Å². The summed E-state index contributed by atoms with van der Waals surface area (Å²) >= 11 is 0. The first-order chi connectivity index (χ1) is 12.9. The van der Waals surface area contributed by atoms with Crippen LogP contribution in [0.5, 0.6) is 5.75 Å². The van der Waals surface area contributed by atoms with E-state index in [4.69, 9.17) is 4.74 Å². The quantitative estimate of drug-likeness (QED) is 0.621. The summed E-state index contributed by atoms with van der Waals surface area (Å²) in [6, 6.07) is 22.0. The first-order valence-electron chi connectivity index (χ1n) is 8.70. The number of nitrogens with zero attached hydrogens (tertiary/aromatic N) is 1. The summed E-state index contributed by atoms with van der Waals surface area (Å²) in [7, 11) is -2.17. The van der Waals surface area contributed by atoms with Gasteiger partial charge < -0.3 is 4.74 Å². The van der Waals surface area contributed by atoms with E-state index in [0.717, 1.165) is 11.1 Å². The Hall–Kier alpha value is -2.79. The molecular formula is C22H23NO3S. The summed E-state index contributed by atoms with van der Waals surface area (Å²) in [5.41, 5.74) is 3.33. The van der Waals surface area contributed by atoms with Gasteiger partial charge in [0, 0.05) is 6.07 Å². The van der Waals surface area contributed by atoms with E-state index in [1.54, 1.807) is 43.5 Å². The molecule has 0 aliphatic heterocycles. The van der Waals surface area contributed by atoms with Crippen molar-refractivity contribution in [2.45, 2.75) is 25.3 Å². The molecule has 3 aromatic rings. The Bertz CT molecular complexity index is 1030. The van der Waals surface area contributed by atoms with Crippen LogP contribution in [-0.4, -0.2) is 15.5 Å². The fourth-order valence-electron chi connectivity index (χ4n) is 2.90. The van der Waals surface area contributed by atoms with Gasteiger partial charge in [0.25, 0.3) is 10.0 Å². The van der Waals surface area contributed by atoms with Crippen LogP contribution in [0.15, 0.2) is 77.7 Å². The average Bonchev–Trinajstić information content (AvgIpc) is 2.67. The monoisotopic (exact) mass is 381 g/mol. The minimum Gasteiger partial charge on any atom is -0.497 e. The molecule has 3 rings (SSSR count). The number of ether oxygens (including phenoxy) is 1. The van der Waals surface area contributed by atoms with Crippen molar-refractivity contribution in [1.29, 1.82) is 0 Å². The molecule has 0 bridgehead atoms. The van der Waals surface area contributed by atoms with Crippen LogP contribution in [0.2, 0.25) is 0 Å². The Kier molecular flexibility index (Phi) is 5.51. The van der Waals surface area contributed by atoms with Crippen molar-refractivity contribution in [3.63, 3.8) is 0 Å². The van der Waals surface area contributed by atoms with Gasteiger partial charge in [0.2, 0.25) is 0 Å². The number of sulfonamides is 1. The zero-order valence-corrected chi connectivity index (χ0v) is 16.5. The normalized spacial score (nSPS) is 11.2. The zero-order chi connectivity index (χ0) is 19.4. The lowest BCUT2D eigenvalue weighted by Crippen LogP contribution is -2.31. The maximum atomic E-state index is 13.5. The van der Waals surface area contributed by atoms with Crippen molar-refractivity contribution < 1.29 is 13.2 Å². The molecule has 3 aromatic carbocycles. The standard InChI is InChI=1S/C22H23NO3S/c1-17-11-13-19(14-12-17)16-23(20-8-6-9-21(15-20)26-3)27(24,25)22-10-5-4-7-18(22)2/h4-15H,16H2,1-3H3. The van der Waals surface area contributed by atoms with E-state index < -0.39 is 10.0 Å². The summed E-state index contributed by atoms with van der Waals surface area (Å²) in [4.78, 5) is 0.305. The van der Waals surface area contributed by atoms with Crippen molar-refractivity contribution in [1.82, 2.24) is 0 Å². The van der Waals surface area contributed by atoms with E-state index >= 15 is 0 Å². The Balaban J connectivity index is 2.11. The highest BCUT2D eigenvalue weighted by Crippen LogP contribution is 2.30. The molecule has 0 fully saturated rings. The molecule has 27 heavy (non-hydrogen) atoms. The lowest BCUT2D eigenvalue weighted by Gasteiger charge is -2.26. The van der Waals surface area contributed by atoms with Crippen LogP contribution in [0.25, 0.3) is 0 Å². The van der Waals surface area contributed by atoms with Crippen LogP contribution in [-0.2, 0) is 16.6 Å². The zero-order valence-electron chi connectivity index (χ0n) is 15.7. The third kappa shape index (κ3) is 4.14. The van der Waals surface area contributed by atoms with Crippen molar-refractivity contribution >= 4 is 15.7 Å². The van der Waals surface area contributed by atoms with Gasteiger partial charge >= 0.3 is 0 Å². The highest BCUT2D eigenvalue weighted by molar-refractivity contribution is 7.92. The number of benzene rings is 3. The summed E-state index contributed by atoms with van der Waals surface area (Å²) in [5, 5.41) is 0. The molecule has 140 valence electrons. The molecular weight excluding hydrogens is 358 g/mol. The maximum absolute atomic E-state index is 13.5. The van der Waals surface area contributed by atoms with Crippen molar-refractivity contribution in [3.8, 4) is 5.75 Å². The van der Waals surface area contributed by atoms with E-state index in [0.29, 0.717) is 21.9 Å². The highest BCUT2D eigenvalue weighted by Gasteiger charge is 2.27. The van der Waals surface area contributed by atoms with Gasteiger partial charge in [-0.1, -0.05) is 54.1 Å². The number of hydrogen-bond donors (Lipinski definition) is 0. The molecule has 0 saturated heterocycles. The average molecular weight is 381 g/mol. The molecule has 5 heteroatoms. The van der Waals surface area contributed by atoms with Crippen molar-refractivity contribution in [2.24, 2.45) is 0 Å². The predicted octanol–water partition coefficient (Wildman–Crippen LogP) is 4.71. The molecule has 0 spiro atoms. The molecule has 4 nitrogen and oxygen atoms in total. The van der Waals surface area contributed by atoms with E-state index in [9.17, 15) is 8.42 Å². The second-order valence-corrected chi connectivity index (χ2v) is 8.29. The van der Waals surface area contributed by atoms with E-state index in [2.05, 4.69) is 0 Å². The molecule has 0 aliphatic carbocycles. The molecule has 0 N–H and O–H groups in total. The van der Waals surface area contributed by atoms with Crippen molar-refractivity contribution in [3.05, 3.63) is 89.5 Å². The van der Waals surface area contributed by atoms with Gasteiger partial charge in [0.1, 0.15) is 5.75 Å². The first kappa shape index (κ1) is 19.0. The number of methoxy groups -OCH3 is 1. The second kappa shape index (κ2) is 7.84. The fraction of sp³-hybridized carbons (Fsp3) is 0.182. The predicted molar refractivity (Wildman–Crippen MR) is 109 cm³/mol. The molecule has 0 aliphatic rings. The lowest BCUT2D eigenvalue weighted by atomic mass is 10.1.